The first kappa shape index (κ1) is 68.9. The van der Waals surface area contributed by atoms with E-state index < -0.39 is 221 Å². The fourth-order valence-corrected chi connectivity index (χ4v) is 10.6. The van der Waals surface area contributed by atoms with Crippen LogP contribution in [0.15, 0.2) is 58.5 Å². The molecule has 3 saturated heterocycles. The van der Waals surface area contributed by atoms with Gasteiger partial charge in [0, 0.05) is 12.3 Å². The molecule has 0 saturated carbocycles. The maximum atomic E-state index is 14.9. The molecule has 27 N–H and O–H groups in total. The van der Waals surface area contributed by atoms with Crippen molar-refractivity contribution in [1.29, 1.82) is 0 Å². The number of carbonyl (C=O) groups is 5. The minimum absolute atomic E-state index is 0.123. The number of amides is 4. The number of guanidine groups is 2. The second-order valence-electron chi connectivity index (χ2n) is 21.7. The summed E-state index contributed by atoms with van der Waals surface area (Å²) in [5.74, 6) is -6.49. The fourth-order valence-electron chi connectivity index (χ4n) is 10.6. The van der Waals surface area contributed by atoms with E-state index in [1.807, 2.05) is 0 Å². The lowest BCUT2D eigenvalue weighted by Crippen LogP contribution is -2.70. The zero-order valence-corrected chi connectivity index (χ0v) is 47.1. The van der Waals surface area contributed by atoms with Crippen molar-refractivity contribution in [2.45, 2.75) is 166 Å². The molecule has 7 rings (SSSR count). The largest absolute Gasteiger partial charge is 0.460 e. The van der Waals surface area contributed by atoms with Crippen LogP contribution in [0, 0.1) is 0 Å². The minimum atomic E-state index is -2.27. The van der Waals surface area contributed by atoms with Gasteiger partial charge in [0.15, 0.2) is 24.4 Å². The van der Waals surface area contributed by atoms with Gasteiger partial charge in [-0.15, -0.1) is 0 Å². The number of aliphatic hydroxyl groups excluding tert-OH is 14. The third kappa shape index (κ3) is 15.3. The van der Waals surface area contributed by atoms with Crippen LogP contribution in [0.3, 0.4) is 0 Å². The number of aliphatic hydroxyl groups is 14. The number of hydrogen-bond acceptors (Lipinski definition) is 32. The van der Waals surface area contributed by atoms with Gasteiger partial charge in [0.05, 0.1) is 63.3 Å². The topological polar surface area (TPSA) is 607 Å². The van der Waals surface area contributed by atoms with E-state index in [1.165, 1.54) is 18.2 Å². The van der Waals surface area contributed by atoms with Gasteiger partial charge in [0.2, 0.25) is 29.9 Å². The smallest absolute Gasteiger partial charge is 0.246 e. The molecule has 5 heterocycles. The van der Waals surface area contributed by atoms with Gasteiger partial charge in [-0.2, -0.15) is 0 Å². The Labute approximate surface area is 500 Å². The molecule has 2 aromatic carbocycles. The molecule has 36 heteroatoms. The molecule has 88 heavy (non-hydrogen) atoms. The number of nitrogens with zero attached hydrogens (tertiary/aromatic N) is 3. The highest BCUT2D eigenvalue weighted by molar-refractivity contribution is 5.96. The molecule has 25 atom stereocenters. The van der Waals surface area contributed by atoms with Gasteiger partial charge < -0.3 is 154 Å². The fraction of sp³-hybridized carbons (Fsp3) is 0.635. The van der Waals surface area contributed by atoms with Gasteiger partial charge in [-0.25, -0.2) is 0 Å². The van der Waals surface area contributed by atoms with E-state index in [4.69, 9.17) is 46.6 Å². The van der Waals surface area contributed by atoms with E-state index in [1.54, 1.807) is 37.3 Å². The van der Waals surface area contributed by atoms with E-state index in [9.17, 15) is 95.5 Å². The normalized spacial score (nSPS) is 33.4. The molecule has 0 radical (unpaired) electrons. The molecular weight excluding hydrogens is 1180 g/mol. The average Bonchev–Trinajstić information content (AvgIpc) is 1.66. The van der Waals surface area contributed by atoms with Crippen molar-refractivity contribution in [2.75, 3.05) is 45.3 Å². The SMILES string of the molecule is CC(c1ccccc1)[C@H](N)C(=O)N[C@@H](Cc1ccc(OC2OC(CO)C(OC3OC(CO)C(O)C(O)C3O)C(O)C2O)c(N)c1)C(=O)N[C@H](C(=O)N[C@H](C(=O)N[C@H](C=O)CO)C(O)C1CN=C(N)N1C1OC(CO)C(O)C(O)C1O)C(O)C1CN=C(N)N1. The summed E-state index contributed by atoms with van der Waals surface area (Å²) in [6.07, 6.45) is -31.6. The van der Waals surface area contributed by atoms with Crippen molar-refractivity contribution in [3.05, 3.63) is 59.7 Å². The van der Waals surface area contributed by atoms with E-state index in [2.05, 4.69) is 36.6 Å². The van der Waals surface area contributed by atoms with Gasteiger partial charge in [0.1, 0.15) is 122 Å². The molecule has 20 unspecified atom stereocenters. The van der Waals surface area contributed by atoms with Crippen LogP contribution in [0.4, 0.5) is 5.69 Å². The maximum absolute atomic E-state index is 14.9. The Morgan fingerprint density at radius 1 is 0.693 bits per heavy atom. The van der Waals surface area contributed by atoms with E-state index >= 15 is 0 Å². The van der Waals surface area contributed by atoms with Crippen molar-refractivity contribution in [3.63, 3.8) is 0 Å². The Hall–Kier alpha value is -6.63. The number of nitrogens with two attached hydrogens (primary N) is 4. The molecule has 0 aliphatic carbocycles. The Morgan fingerprint density at radius 2 is 1.28 bits per heavy atom. The summed E-state index contributed by atoms with van der Waals surface area (Å²) >= 11 is 0. The summed E-state index contributed by atoms with van der Waals surface area (Å²) in [5, 5.41) is 161. The lowest BCUT2D eigenvalue weighted by molar-refractivity contribution is -0.352. The maximum Gasteiger partial charge on any atom is 0.246 e. The van der Waals surface area contributed by atoms with Crippen LogP contribution in [0.5, 0.6) is 5.75 Å². The van der Waals surface area contributed by atoms with Crippen LogP contribution >= 0.6 is 0 Å². The first-order chi connectivity index (χ1) is 41.8. The number of anilines is 1. The quantitative estimate of drug-likeness (QED) is 0.0307. The van der Waals surface area contributed by atoms with E-state index in [0.29, 0.717) is 5.56 Å². The highest BCUT2D eigenvalue weighted by Crippen LogP contribution is 2.34. The van der Waals surface area contributed by atoms with Gasteiger partial charge in [-0.3, -0.25) is 29.2 Å². The number of aliphatic imine (C=N–C) groups is 2. The number of nitrogens with one attached hydrogen (secondary N) is 5. The van der Waals surface area contributed by atoms with Crippen molar-refractivity contribution < 1.29 is 119 Å². The van der Waals surface area contributed by atoms with Crippen LogP contribution in [0.2, 0.25) is 0 Å². The Morgan fingerprint density at radius 3 is 1.89 bits per heavy atom. The van der Waals surface area contributed by atoms with Crippen LogP contribution in [-0.4, -0.2) is 304 Å². The number of hydrogen-bond donors (Lipinski definition) is 23. The zero-order valence-electron chi connectivity index (χ0n) is 47.1. The number of benzene rings is 2. The number of rotatable bonds is 26. The van der Waals surface area contributed by atoms with Gasteiger partial charge >= 0.3 is 0 Å². The molecule has 0 bridgehead atoms. The van der Waals surface area contributed by atoms with Crippen LogP contribution < -0.4 is 54.3 Å². The van der Waals surface area contributed by atoms with Crippen molar-refractivity contribution in [2.24, 2.45) is 27.2 Å². The monoisotopic (exact) mass is 1250 g/mol. The predicted molar refractivity (Wildman–Crippen MR) is 297 cm³/mol. The minimum Gasteiger partial charge on any atom is -0.460 e. The summed E-state index contributed by atoms with van der Waals surface area (Å²) in [5.41, 5.74) is 25.5. The Bertz CT molecular complexity index is 2760. The number of nitrogen functional groups attached to an aromatic ring is 1. The van der Waals surface area contributed by atoms with Crippen LogP contribution in [0.25, 0.3) is 0 Å². The van der Waals surface area contributed by atoms with Crippen LogP contribution in [-0.2, 0) is 49.3 Å². The zero-order chi connectivity index (χ0) is 64.6. The number of aldehydes is 1. The van der Waals surface area contributed by atoms with E-state index in [0.717, 1.165) is 4.90 Å². The second kappa shape index (κ2) is 30.3. The van der Waals surface area contributed by atoms with Gasteiger partial charge in [-0.05, 0) is 23.3 Å². The second-order valence-corrected chi connectivity index (χ2v) is 21.7. The molecule has 5 aliphatic heterocycles. The summed E-state index contributed by atoms with van der Waals surface area (Å²) in [7, 11) is 0. The summed E-state index contributed by atoms with van der Waals surface area (Å²) in [4.78, 5) is 79.0. The van der Waals surface area contributed by atoms with Gasteiger partial charge in [0.25, 0.3) is 0 Å². The molecule has 0 aromatic heterocycles. The molecule has 4 amide bonds. The average molecular weight is 1260 g/mol. The van der Waals surface area contributed by atoms with Crippen LogP contribution in [0.1, 0.15) is 24.0 Å². The number of ether oxygens (including phenoxy) is 5. The van der Waals surface area contributed by atoms with Gasteiger partial charge in [-0.1, -0.05) is 43.3 Å². The Kier molecular flexibility index (Phi) is 23.7. The predicted octanol–water partition coefficient (Wildman–Crippen LogP) is -13.1. The van der Waals surface area contributed by atoms with Crippen molar-refractivity contribution in [1.82, 2.24) is 31.5 Å². The highest BCUT2D eigenvalue weighted by atomic mass is 16.7. The molecule has 5 aliphatic rings. The third-order valence-electron chi connectivity index (χ3n) is 15.9. The lowest BCUT2D eigenvalue weighted by atomic mass is 9.93. The third-order valence-corrected chi connectivity index (χ3v) is 15.9. The van der Waals surface area contributed by atoms with Crippen molar-refractivity contribution in [3.8, 4) is 5.75 Å². The lowest BCUT2D eigenvalue weighted by Gasteiger charge is -2.46. The molecule has 36 nitrogen and oxygen atoms in total. The molecule has 0 spiro atoms. The molecule has 2 aromatic rings. The first-order valence-electron chi connectivity index (χ1n) is 27.8. The molecule has 490 valence electrons. The number of carbonyl (C=O) groups excluding carboxylic acids is 5. The van der Waals surface area contributed by atoms with Crippen molar-refractivity contribution >= 4 is 47.5 Å². The molecular formula is C52H78N12O24. The standard InChI is InChI=1S/C52H78N12O24/c1-18(20-5-3-2-4-6-20)30(54)45(81)60-23(10-19-7-8-26(22(53)9-19)85-49-42(79)39(76)43(29(17-69)87-49)88-50-41(78)38(75)36(73)28(16-68)86-50)44(80)62-31(33(70)24-11-57-51(55)61-24)47(83)63-32(46(82)59-21(13-65)14-66)34(71)25-12-58-52(56)64(25)48-40(77)37(74)35(72)27(15-67)84-48/h2-9,13,18,21,23-25,27-43,48-50,66-79H,10-12,14-17,53-54H2,1H3,(H2,56,58)(H,59,82)(H,60,81)(H,62,80)(H,63,83)(H3,55,57,61)/t18?,21-,23+,24?,25?,27?,28?,29?,30+,31+,32+,33?,34?,35?,36?,37?,38?,39?,40?,41?,42?,43?,48?,49?,50?/m1/s1. The Balaban J connectivity index is 1.16. The summed E-state index contributed by atoms with van der Waals surface area (Å²) in [6.45, 7) is -2.77. The summed E-state index contributed by atoms with van der Waals surface area (Å²) < 4.78 is 28.2. The summed E-state index contributed by atoms with van der Waals surface area (Å²) in [6, 6.07) is 0.306. The van der Waals surface area contributed by atoms with E-state index in [-0.39, 0.29) is 35.8 Å². The first-order valence-corrected chi connectivity index (χ1v) is 27.8. The molecule has 3 fully saturated rings. The highest BCUT2D eigenvalue weighted by Gasteiger charge is 2.54.